The smallest absolute Gasteiger partial charge is 0.302 e. The zero-order valence-corrected chi connectivity index (χ0v) is 12.7. The number of amides is 1. The predicted octanol–water partition coefficient (Wildman–Crippen LogP) is 4.69. The maximum absolute atomic E-state index is 12.7. The van der Waals surface area contributed by atoms with E-state index in [1.807, 2.05) is 0 Å². The summed E-state index contributed by atoms with van der Waals surface area (Å²) in [4.78, 5) is 16.3. The topological polar surface area (TPSA) is 42.0 Å². The molecule has 3 nitrogen and oxygen atoms in total. The van der Waals surface area contributed by atoms with Gasteiger partial charge in [-0.15, -0.1) is 0 Å². The van der Waals surface area contributed by atoms with Crippen molar-refractivity contribution in [1.29, 1.82) is 0 Å². The fraction of sp³-hybridized carbons (Fsp3) is 0.467. The second-order valence-corrected chi connectivity index (χ2v) is 6.83. The molecule has 1 aliphatic carbocycles. The molecule has 1 aromatic heterocycles. The first-order valence-electron chi connectivity index (χ1n) is 7.11. The standard InChI is InChI=1S/C15H15F3N2OS/c1-8-2-3-9(6-8)13(21)20-14-19-11-5-4-10(15(16,17)18)7-12(11)22-14/h4-5,7-9H,2-3,6H2,1H3,(H,19,20,21). The molecule has 1 aliphatic rings. The summed E-state index contributed by atoms with van der Waals surface area (Å²) < 4.78 is 38.5. The molecule has 0 spiro atoms. The summed E-state index contributed by atoms with van der Waals surface area (Å²) in [6.07, 6.45) is -1.63. The van der Waals surface area contributed by atoms with Crippen LogP contribution in [-0.2, 0) is 11.0 Å². The van der Waals surface area contributed by atoms with E-state index in [2.05, 4.69) is 17.2 Å². The number of anilines is 1. The minimum atomic E-state index is -4.37. The van der Waals surface area contributed by atoms with E-state index in [9.17, 15) is 18.0 Å². The first-order chi connectivity index (χ1) is 10.3. The van der Waals surface area contributed by atoms with E-state index in [1.54, 1.807) is 0 Å². The number of hydrogen-bond donors (Lipinski definition) is 1. The van der Waals surface area contributed by atoms with Crippen molar-refractivity contribution in [2.75, 3.05) is 5.32 Å². The Balaban J connectivity index is 1.79. The van der Waals surface area contributed by atoms with E-state index in [1.165, 1.54) is 6.07 Å². The number of nitrogens with one attached hydrogen (secondary N) is 1. The van der Waals surface area contributed by atoms with Crippen molar-refractivity contribution < 1.29 is 18.0 Å². The van der Waals surface area contributed by atoms with Crippen LogP contribution in [0.4, 0.5) is 18.3 Å². The van der Waals surface area contributed by atoms with Gasteiger partial charge in [0.05, 0.1) is 15.8 Å². The molecule has 3 rings (SSSR count). The number of aromatic nitrogens is 1. The van der Waals surface area contributed by atoms with Crippen molar-refractivity contribution in [3.63, 3.8) is 0 Å². The summed E-state index contributed by atoms with van der Waals surface area (Å²) >= 11 is 1.07. The maximum atomic E-state index is 12.7. The Morgan fingerprint density at radius 1 is 1.36 bits per heavy atom. The summed E-state index contributed by atoms with van der Waals surface area (Å²) in [5, 5.41) is 3.10. The number of nitrogens with zero attached hydrogens (tertiary/aromatic N) is 1. The van der Waals surface area contributed by atoms with Gasteiger partial charge in [0.15, 0.2) is 5.13 Å². The number of alkyl halides is 3. The lowest BCUT2D eigenvalue weighted by molar-refractivity contribution is -0.137. The van der Waals surface area contributed by atoms with Crippen LogP contribution < -0.4 is 5.32 Å². The van der Waals surface area contributed by atoms with Crippen LogP contribution in [0.3, 0.4) is 0 Å². The zero-order valence-electron chi connectivity index (χ0n) is 11.9. The van der Waals surface area contributed by atoms with Crippen LogP contribution in [0.2, 0.25) is 0 Å². The fourth-order valence-corrected chi connectivity index (χ4v) is 3.72. The average Bonchev–Trinajstić information content (AvgIpc) is 3.02. The third kappa shape index (κ3) is 3.09. The second-order valence-electron chi connectivity index (χ2n) is 5.80. The van der Waals surface area contributed by atoms with Crippen molar-refractivity contribution in [1.82, 2.24) is 4.98 Å². The molecule has 22 heavy (non-hydrogen) atoms. The van der Waals surface area contributed by atoms with Gasteiger partial charge in [-0.2, -0.15) is 13.2 Å². The number of carbonyl (C=O) groups is 1. The number of rotatable bonds is 2. The van der Waals surface area contributed by atoms with E-state index in [4.69, 9.17) is 0 Å². The highest BCUT2D eigenvalue weighted by Crippen LogP contribution is 2.35. The summed E-state index contributed by atoms with van der Waals surface area (Å²) in [7, 11) is 0. The van der Waals surface area contributed by atoms with Gasteiger partial charge in [0.25, 0.3) is 0 Å². The molecular weight excluding hydrogens is 313 g/mol. The van der Waals surface area contributed by atoms with Gasteiger partial charge in [-0.1, -0.05) is 18.3 Å². The maximum Gasteiger partial charge on any atom is 0.416 e. The lowest BCUT2D eigenvalue weighted by Gasteiger charge is -2.07. The molecule has 1 N–H and O–H groups in total. The largest absolute Gasteiger partial charge is 0.416 e. The van der Waals surface area contributed by atoms with E-state index >= 15 is 0 Å². The molecule has 118 valence electrons. The summed E-state index contributed by atoms with van der Waals surface area (Å²) in [6, 6.07) is 3.41. The number of halogens is 3. The second kappa shape index (κ2) is 5.53. The molecule has 0 aliphatic heterocycles. The van der Waals surface area contributed by atoms with Crippen molar-refractivity contribution in [2.45, 2.75) is 32.4 Å². The Morgan fingerprint density at radius 3 is 2.77 bits per heavy atom. The van der Waals surface area contributed by atoms with Crippen LogP contribution in [0, 0.1) is 11.8 Å². The van der Waals surface area contributed by atoms with E-state index in [0.717, 1.165) is 42.7 Å². The highest BCUT2D eigenvalue weighted by atomic mass is 32.1. The molecule has 0 saturated heterocycles. The minimum Gasteiger partial charge on any atom is -0.302 e. The number of thiazole rings is 1. The lowest BCUT2D eigenvalue weighted by atomic mass is 10.1. The van der Waals surface area contributed by atoms with Crippen molar-refractivity contribution in [3.8, 4) is 0 Å². The summed E-state index contributed by atoms with van der Waals surface area (Å²) in [5.41, 5.74) is -0.237. The lowest BCUT2D eigenvalue weighted by Crippen LogP contribution is -2.20. The SMILES string of the molecule is CC1CCC(C(=O)Nc2nc3ccc(C(F)(F)F)cc3s2)C1. The van der Waals surface area contributed by atoms with Crippen LogP contribution in [0.1, 0.15) is 31.7 Å². The first kappa shape index (κ1) is 15.3. The fourth-order valence-electron chi connectivity index (χ4n) is 2.81. The van der Waals surface area contributed by atoms with E-state index in [-0.39, 0.29) is 11.8 Å². The van der Waals surface area contributed by atoms with Gasteiger partial charge in [0, 0.05) is 5.92 Å². The molecule has 0 bridgehead atoms. The third-order valence-electron chi connectivity index (χ3n) is 4.01. The Morgan fingerprint density at radius 2 is 2.14 bits per heavy atom. The molecule has 1 amide bonds. The molecule has 1 saturated carbocycles. The quantitative estimate of drug-likeness (QED) is 0.869. The van der Waals surface area contributed by atoms with Gasteiger partial charge in [0.2, 0.25) is 5.91 Å². The van der Waals surface area contributed by atoms with Gasteiger partial charge in [-0.3, -0.25) is 4.79 Å². The van der Waals surface area contributed by atoms with Crippen LogP contribution in [0.25, 0.3) is 10.2 Å². The normalized spacial score (nSPS) is 22.2. The Kier molecular flexibility index (Phi) is 3.84. The number of carbonyl (C=O) groups excluding carboxylic acids is 1. The van der Waals surface area contributed by atoms with Gasteiger partial charge < -0.3 is 5.32 Å². The Bertz CT molecular complexity index is 710. The highest BCUT2D eigenvalue weighted by Gasteiger charge is 2.31. The van der Waals surface area contributed by atoms with E-state index in [0.29, 0.717) is 21.3 Å². The monoisotopic (exact) mass is 328 g/mol. The predicted molar refractivity (Wildman–Crippen MR) is 79.8 cm³/mol. The summed E-state index contributed by atoms with van der Waals surface area (Å²) in [6.45, 7) is 2.11. The molecule has 1 heterocycles. The average molecular weight is 328 g/mol. The van der Waals surface area contributed by atoms with Gasteiger partial charge in [0.1, 0.15) is 0 Å². The van der Waals surface area contributed by atoms with Gasteiger partial charge in [-0.05, 0) is 43.4 Å². The molecule has 2 unspecified atom stereocenters. The minimum absolute atomic E-state index is 0.0206. The highest BCUT2D eigenvalue weighted by molar-refractivity contribution is 7.22. The molecule has 2 aromatic rings. The van der Waals surface area contributed by atoms with Gasteiger partial charge in [-0.25, -0.2) is 4.98 Å². The molecule has 1 aromatic carbocycles. The molecule has 0 radical (unpaired) electrons. The molecule has 2 atom stereocenters. The Labute approximate surface area is 129 Å². The first-order valence-corrected chi connectivity index (χ1v) is 7.93. The zero-order chi connectivity index (χ0) is 15.9. The van der Waals surface area contributed by atoms with Crippen LogP contribution in [0.5, 0.6) is 0 Å². The number of hydrogen-bond acceptors (Lipinski definition) is 3. The summed E-state index contributed by atoms with van der Waals surface area (Å²) in [5.74, 6) is 0.438. The van der Waals surface area contributed by atoms with Crippen LogP contribution in [-0.4, -0.2) is 10.9 Å². The van der Waals surface area contributed by atoms with Crippen LogP contribution in [0.15, 0.2) is 18.2 Å². The molecule has 7 heteroatoms. The number of benzene rings is 1. The Hall–Kier alpha value is -1.63. The third-order valence-corrected chi connectivity index (χ3v) is 4.95. The van der Waals surface area contributed by atoms with Crippen molar-refractivity contribution >= 4 is 32.6 Å². The van der Waals surface area contributed by atoms with E-state index < -0.39 is 11.7 Å². The van der Waals surface area contributed by atoms with Crippen LogP contribution >= 0.6 is 11.3 Å². The van der Waals surface area contributed by atoms with Crippen molar-refractivity contribution in [3.05, 3.63) is 23.8 Å². The molecule has 1 fully saturated rings. The molecular formula is C15H15F3N2OS. The van der Waals surface area contributed by atoms with Gasteiger partial charge >= 0.3 is 6.18 Å². The van der Waals surface area contributed by atoms with Crippen molar-refractivity contribution in [2.24, 2.45) is 11.8 Å². The number of fused-ring (bicyclic) bond motifs is 1.